The molecule has 2 aromatic rings. The predicted octanol–water partition coefficient (Wildman–Crippen LogP) is 3.36. The fourth-order valence-corrected chi connectivity index (χ4v) is 3.48. The van der Waals surface area contributed by atoms with Gasteiger partial charge in [-0.3, -0.25) is 4.79 Å². The zero-order chi connectivity index (χ0) is 20.3. The number of benzene rings is 2. The Morgan fingerprint density at radius 1 is 1.07 bits per heavy atom. The van der Waals surface area contributed by atoms with Gasteiger partial charge in [-0.1, -0.05) is 35.5 Å². The number of amides is 1. The zero-order valence-electron chi connectivity index (χ0n) is 16.6. The third kappa shape index (κ3) is 3.76. The summed E-state index contributed by atoms with van der Waals surface area (Å²) in [4.78, 5) is 31.4. The molecule has 28 heavy (non-hydrogen) atoms. The average Bonchev–Trinajstić information content (AvgIpc) is 3.13. The van der Waals surface area contributed by atoms with Gasteiger partial charge < -0.3 is 14.5 Å². The van der Waals surface area contributed by atoms with Gasteiger partial charge in [-0.25, -0.2) is 4.79 Å². The SMILES string of the molecule is CON=C1C[C@@H](C(=O)OC)N(C(=O)c2ccc(-c3cccc(C)c3C)cc2)C1. The molecule has 0 aliphatic carbocycles. The Bertz CT molecular complexity index is 919. The van der Waals surface area contributed by atoms with Crippen LogP contribution in [0.4, 0.5) is 0 Å². The van der Waals surface area contributed by atoms with Crippen LogP contribution >= 0.6 is 0 Å². The molecule has 0 N–H and O–H groups in total. The van der Waals surface area contributed by atoms with Gasteiger partial charge >= 0.3 is 5.97 Å². The second kappa shape index (κ2) is 8.25. The van der Waals surface area contributed by atoms with E-state index in [1.807, 2.05) is 18.2 Å². The van der Waals surface area contributed by atoms with Crippen molar-refractivity contribution in [2.24, 2.45) is 5.16 Å². The molecule has 0 spiro atoms. The molecule has 2 aromatic carbocycles. The lowest BCUT2D eigenvalue weighted by Gasteiger charge is -2.22. The van der Waals surface area contributed by atoms with Crippen LogP contribution in [0.25, 0.3) is 11.1 Å². The van der Waals surface area contributed by atoms with Crippen LogP contribution in [0.1, 0.15) is 27.9 Å². The summed E-state index contributed by atoms with van der Waals surface area (Å²) in [5, 5.41) is 3.90. The van der Waals surface area contributed by atoms with Crippen molar-refractivity contribution in [2.75, 3.05) is 20.8 Å². The van der Waals surface area contributed by atoms with E-state index in [1.54, 1.807) is 12.1 Å². The van der Waals surface area contributed by atoms with Crippen molar-refractivity contribution in [3.05, 3.63) is 59.2 Å². The summed E-state index contributed by atoms with van der Waals surface area (Å²) in [7, 11) is 2.76. The number of esters is 1. The highest BCUT2D eigenvalue weighted by molar-refractivity contribution is 6.04. The molecule has 0 radical (unpaired) electrons. The second-order valence-corrected chi connectivity index (χ2v) is 6.84. The first-order chi connectivity index (χ1) is 13.5. The molecule has 1 fully saturated rings. The maximum Gasteiger partial charge on any atom is 0.329 e. The van der Waals surface area contributed by atoms with E-state index in [1.165, 1.54) is 30.2 Å². The highest BCUT2D eigenvalue weighted by Crippen LogP contribution is 2.27. The number of oxime groups is 1. The molecule has 0 saturated carbocycles. The lowest BCUT2D eigenvalue weighted by atomic mass is 9.96. The fraction of sp³-hybridized carbons (Fsp3) is 0.318. The molecule has 1 saturated heterocycles. The van der Waals surface area contributed by atoms with Crippen LogP contribution in [0.15, 0.2) is 47.6 Å². The summed E-state index contributed by atoms with van der Waals surface area (Å²) in [5.74, 6) is -0.689. The largest absolute Gasteiger partial charge is 0.467 e. The highest BCUT2D eigenvalue weighted by atomic mass is 16.6. The molecule has 1 aliphatic rings. The van der Waals surface area contributed by atoms with Crippen LogP contribution in [0.5, 0.6) is 0 Å². The van der Waals surface area contributed by atoms with Gasteiger partial charge in [0.05, 0.1) is 19.4 Å². The fourth-order valence-electron chi connectivity index (χ4n) is 3.48. The number of carbonyl (C=O) groups excluding carboxylic acids is 2. The molecule has 6 heteroatoms. The number of aryl methyl sites for hydroxylation is 1. The molecule has 0 aromatic heterocycles. The van der Waals surface area contributed by atoms with E-state index in [2.05, 4.69) is 31.1 Å². The summed E-state index contributed by atoms with van der Waals surface area (Å²) < 4.78 is 4.85. The van der Waals surface area contributed by atoms with Gasteiger partial charge in [-0.2, -0.15) is 0 Å². The van der Waals surface area contributed by atoms with Crippen molar-refractivity contribution in [3.63, 3.8) is 0 Å². The molecule has 1 amide bonds. The molecule has 3 rings (SSSR count). The highest BCUT2D eigenvalue weighted by Gasteiger charge is 2.39. The molecule has 0 bridgehead atoms. The van der Waals surface area contributed by atoms with Gasteiger partial charge in [0.25, 0.3) is 5.91 Å². The lowest BCUT2D eigenvalue weighted by molar-refractivity contribution is -0.145. The normalized spacial score (nSPS) is 17.6. The molecular formula is C22H24N2O4. The van der Waals surface area contributed by atoms with Gasteiger partial charge in [0, 0.05) is 12.0 Å². The smallest absolute Gasteiger partial charge is 0.329 e. The number of nitrogens with zero attached hydrogens (tertiary/aromatic N) is 2. The quantitative estimate of drug-likeness (QED) is 0.602. The Balaban J connectivity index is 1.86. The third-order valence-electron chi connectivity index (χ3n) is 5.16. The molecule has 0 unspecified atom stereocenters. The van der Waals surface area contributed by atoms with Crippen LogP contribution in [0.3, 0.4) is 0 Å². The lowest BCUT2D eigenvalue weighted by Crippen LogP contribution is -2.41. The van der Waals surface area contributed by atoms with Crippen molar-refractivity contribution in [3.8, 4) is 11.1 Å². The number of hydrogen-bond acceptors (Lipinski definition) is 5. The minimum Gasteiger partial charge on any atom is -0.467 e. The van der Waals surface area contributed by atoms with E-state index in [0.717, 1.165) is 11.1 Å². The van der Waals surface area contributed by atoms with E-state index in [4.69, 9.17) is 9.57 Å². The van der Waals surface area contributed by atoms with Crippen molar-refractivity contribution < 1.29 is 19.2 Å². The van der Waals surface area contributed by atoms with Gasteiger partial charge in [0.1, 0.15) is 13.2 Å². The maximum absolute atomic E-state index is 13.0. The van der Waals surface area contributed by atoms with E-state index < -0.39 is 12.0 Å². The van der Waals surface area contributed by atoms with E-state index in [-0.39, 0.29) is 12.5 Å². The standard InChI is InChI=1S/C22H24N2O4/c1-14-6-5-7-19(15(14)2)16-8-10-17(11-9-16)21(25)24-13-18(23-28-4)12-20(24)22(26)27-3/h5-11,20H,12-13H2,1-4H3/t20-/m0/s1. The van der Waals surface area contributed by atoms with E-state index >= 15 is 0 Å². The van der Waals surface area contributed by atoms with Crippen LogP contribution in [0.2, 0.25) is 0 Å². The summed E-state index contributed by atoms with van der Waals surface area (Å²) in [6, 6.07) is 12.9. The van der Waals surface area contributed by atoms with Gasteiger partial charge in [0.15, 0.2) is 0 Å². The van der Waals surface area contributed by atoms with E-state index in [0.29, 0.717) is 17.7 Å². The second-order valence-electron chi connectivity index (χ2n) is 6.84. The van der Waals surface area contributed by atoms with Crippen molar-refractivity contribution >= 4 is 17.6 Å². The number of methoxy groups -OCH3 is 1. The summed E-state index contributed by atoms with van der Waals surface area (Å²) >= 11 is 0. The van der Waals surface area contributed by atoms with Crippen LogP contribution in [0, 0.1) is 13.8 Å². The molecule has 1 aliphatic heterocycles. The number of hydrogen-bond donors (Lipinski definition) is 0. The number of rotatable bonds is 4. The molecular weight excluding hydrogens is 356 g/mol. The van der Waals surface area contributed by atoms with Crippen LogP contribution in [-0.4, -0.2) is 49.3 Å². The maximum atomic E-state index is 13.0. The summed E-state index contributed by atoms with van der Waals surface area (Å²) in [6.45, 7) is 4.41. The minimum absolute atomic E-state index is 0.232. The van der Waals surface area contributed by atoms with Crippen LogP contribution < -0.4 is 0 Å². The third-order valence-corrected chi connectivity index (χ3v) is 5.16. The Kier molecular flexibility index (Phi) is 5.78. The van der Waals surface area contributed by atoms with Crippen molar-refractivity contribution in [1.82, 2.24) is 4.90 Å². The van der Waals surface area contributed by atoms with Gasteiger partial charge in [0.2, 0.25) is 0 Å². The zero-order valence-corrected chi connectivity index (χ0v) is 16.6. The summed E-state index contributed by atoms with van der Waals surface area (Å²) in [5.41, 5.74) is 5.78. The molecule has 146 valence electrons. The minimum atomic E-state index is -0.690. The monoisotopic (exact) mass is 380 g/mol. The topological polar surface area (TPSA) is 68.2 Å². The number of carbonyl (C=O) groups is 2. The Morgan fingerprint density at radius 2 is 1.79 bits per heavy atom. The van der Waals surface area contributed by atoms with Gasteiger partial charge in [-0.05, 0) is 48.2 Å². The van der Waals surface area contributed by atoms with Gasteiger partial charge in [-0.15, -0.1) is 0 Å². The Morgan fingerprint density at radius 3 is 2.43 bits per heavy atom. The Labute approximate surface area is 164 Å². The molecule has 1 heterocycles. The number of likely N-dealkylation sites (tertiary alicyclic amines) is 1. The first-order valence-electron chi connectivity index (χ1n) is 9.10. The molecule has 1 atom stereocenters. The van der Waals surface area contributed by atoms with E-state index in [9.17, 15) is 9.59 Å². The molecule has 6 nitrogen and oxygen atoms in total. The van der Waals surface area contributed by atoms with Crippen molar-refractivity contribution in [1.29, 1.82) is 0 Å². The first kappa shape index (κ1) is 19.6. The van der Waals surface area contributed by atoms with Crippen molar-refractivity contribution in [2.45, 2.75) is 26.3 Å². The predicted molar refractivity (Wildman–Crippen MR) is 107 cm³/mol. The van der Waals surface area contributed by atoms with Crippen LogP contribution in [-0.2, 0) is 14.4 Å². The summed E-state index contributed by atoms with van der Waals surface area (Å²) in [6.07, 6.45) is 0.312. The average molecular weight is 380 g/mol. The Hall–Kier alpha value is -3.15. The number of ether oxygens (including phenoxy) is 1. The first-order valence-corrected chi connectivity index (χ1v) is 9.10.